The maximum atomic E-state index is 11.4. The molecular formula is C23H27FeNO2. The van der Waals surface area contributed by atoms with Crippen LogP contribution in [0.15, 0.2) is 72.3 Å². The van der Waals surface area contributed by atoms with Gasteiger partial charge in [0.05, 0.1) is 5.95 Å². The minimum Gasteiger partial charge on any atom is -0.616 e. The first-order chi connectivity index (χ1) is 12.5. The van der Waals surface area contributed by atoms with E-state index in [-0.39, 0.29) is 23.0 Å². The van der Waals surface area contributed by atoms with Crippen LogP contribution >= 0.6 is 0 Å². The van der Waals surface area contributed by atoms with E-state index in [4.69, 9.17) is 0 Å². The number of likely N-dealkylation sites (N-methyl/N-ethyl adjacent to an activating group) is 1. The number of aryl methyl sites for hydroxylation is 1. The molecule has 0 aromatic heterocycles. The van der Waals surface area contributed by atoms with E-state index >= 15 is 0 Å². The van der Waals surface area contributed by atoms with Crippen molar-refractivity contribution in [2.45, 2.75) is 13.3 Å². The normalized spacial score (nSPS) is 12.2. The first-order valence-electron chi connectivity index (χ1n) is 8.83. The summed E-state index contributed by atoms with van der Waals surface area (Å²) in [6.07, 6.45) is 7.57. The molecule has 4 heteroatoms. The first kappa shape index (κ1) is 22.9. The second-order valence-corrected chi connectivity index (χ2v) is 6.46. The molecule has 0 atom stereocenters. The average molecular weight is 405 g/mol. The molecule has 0 N–H and O–H groups in total. The van der Waals surface area contributed by atoms with Crippen molar-refractivity contribution in [2.75, 3.05) is 27.7 Å². The monoisotopic (exact) mass is 405 g/mol. The number of hydrogen-bond donors (Lipinski definition) is 0. The Morgan fingerprint density at radius 3 is 2.30 bits per heavy atom. The SMILES string of the molecule is CCc1ccc[cH-]1.COC([O-])=c1ccc(=C2C=CC(CN(C)C)=C2)cc1.[Fe+2]. The van der Waals surface area contributed by atoms with E-state index in [0.29, 0.717) is 5.22 Å². The summed E-state index contributed by atoms with van der Waals surface area (Å²) in [4.78, 5) is 2.14. The quantitative estimate of drug-likeness (QED) is 0.576. The van der Waals surface area contributed by atoms with Gasteiger partial charge in [-0.2, -0.15) is 17.7 Å². The van der Waals surface area contributed by atoms with E-state index in [9.17, 15) is 5.11 Å². The van der Waals surface area contributed by atoms with Crippen molar-refractivity contribution >= 4 is 11.5 Å². The number of methoxy groups -OCH3 is 1. The predicted molar refractivity (Wildman–Crippen MR) is 107 cm³/mol. The molecule has 0 aliphatic heterocycles. The Labute approximate surface area is 172 Å². The fourth-order valence-electron chi connectivity index (χ4n) is 2.70. The van der Waals surface area contributed by atoms with Gasteiger partial charge >= 0.3 is 17.1 Å². The molecule has 2 aromatic carbocycles. The van der Waals surface area contributed by atoms with Gasteiger partial charge in [0.2, 0.25) is 0 Å². The number of ether oxygens (including phenoxy) is 1. The van der Waals surface area contributed by atoms with Crippen LogP contribution in [0.2, 0.25) is 0 Å². The molecule has 2 aromatic rings. The van der Waals surface area contributed by atoms with Gasteiger partial charge in [0.25, 0.3) is 0 Å². The Morgan fingerprint density at radius 2 is 1.81 bits per heavy atom. The largest absolute Gasteiger partial charge is 2.00 e. The van der Waals surface area contributed by atoms with Crippen LogP contribution in [0.5, 0.6) is 0 Å². The molecule has 0 spiro atoms. The van der Waals surface area contributed by atoms with E-state index in [2.05, 4.69) is 73.1 Å². The smallest absolute Gasteiger partial charge is 0.616 e. The van der Waals surface area contributed by atoms with Crippen molar-refractivity contribution in [1.29, 1.82) is 0 Å². The van der Waals surface area contributed by atoms with Crippen molar-refractivity contribution in [1.82, 2.24) is 4.90 Å². The molecule has 27 heavy (non-hydrogen) atoms. The summed E-state index contributed by atoms with van der Waals surface area (Å²) in [6.45, 7) is 3.09. The van der Waals surface area contributed by atoms with Crippen molar-refractivity contribution in [2.24, 2.45) is 0 Å². The number of allylic oxidation sites excluding steroid dienone is 2. The fourth-order valence-corrected chi connectivity index (χ4v) is 2.70. The minimum absolute atomic E-state index is 0. The Morgan fingerprint density at radius 1 is 1.11 bits per heavy atom. The van der Waals surface area contributed by atoms with Crippen LogP contribution in [0.25, 0.3) is 11.5 Å². The Balaban J connectivity index is 0.000000385. The summed E-state index contributed by atoms with van der Waals surface area (Å²) < 4.78 is 4.69. The van der Waals surface area contributed by atoms with Gasteiger partial charge in [-0.05, 0) is 48.9 Å². The van der Waals surface area contributed by atoms with Gasteiger partial charge in [-0.25, -0.2) is 12.1 Å². The Bertz CT molecular complexity index is 854. The third kappa shape index (κ3) is 7.18. The number of nitrogens with zero attached hydrogens (tertiary/aromatic N) is 1. The molecule has 0 fully saturated rings. The summed E-state index contributed by atoms with van der Waals surface area (Å²) >= 11 is 0. The minimum atomic E-state index is -0.303. The summed E-state index contributed by atoms with van der Waals surface area (Å²) in [5.41, 5.74) is 3.89. The zero-order valence-corrected chi connectivity index (χ0v) is 17.5. The van der Waals surface area contributed by atoms with Crippen LogP contribution in [0, 0.1) is 0 Å². The molecule has 0 amide bonds. The van der Waals surface area contributed by atoms with Gasteiger partial charge in [-0.1, -0.05) is 49.8 Å². The molecule has 3 rings (SSSR count). The van der Waals surface area contributed by atoms with Crippen LogP contribution in [0.3, 0.4) is 0 Å². The van der Waals surface area contributed by atoms with E-state index in [0.717, 1.165) is 18.2 Å². The topological polar surface area (TPSA) is 35.5 Å². The summed E-state index contributed by atoms with van der Waals surface area (Å²) in [7, 11) is 5.50. The van der Waals surface area contributed by atoms with Crippen LogP contribution < -0.4 is 15.5 Å². The van der Waals surface area contributed by atoms with E-state index < -0.39 is 0 Å². The van der Waals surface area contributed by atoms with E-state index in [1.807, 2.05) is 12.1 Å². The van der Waals surface area contributed by atoms with Crippen LogP contribution in [-0.4, -0.2) is 32.6 Å². The summed E-state index contributed by atoms with van der Waals surface area (Å²) in [5, 5.41) is 13.0. The van der Waals surface area contributed by atoms with E-state index in [1.54, 1.807) is 12.1 Å². The Hall–Kier alpha value is -2.13. The van der Waals surface area contributed by atoms with Gasteiger partial charge < -0.3 is 14.7 Å². The van der Waals surface area contributed by atoms with Gasteiger partial charge in [0, 0.05) is 6.54 Å². The third-order valence-corrected chi connectivity index (χ3v) is 4.10. The summed E-state index contributed by atoms with van der Waals surface area (Å²) in [5.74, 6) is -0.303. The first-order valence-corrected chi connectivity index (χ1v) is 8.83. The zero-order valence-electron chi connectivity index (χ0n) is 16.4. The maximum absolute atomic E-state index is 11.4. The maximum Gasteiger partial charge on any atom is 2.00 e. The second kappa shape index (κ2) is 11.6. The third-order valence-electron chi connectivity index (χ3n) is 4.10. The van der Waals surface area contributed by atoms with Crippen LogP contribution in [-0.2, 0) is 28.2 Å². The van der Waals surface area contributed by atoms with Crippen LogP contribution in [0.1, 0.15) is 12.5 Å². The summed E-state index contributed by atoms with van der Waals surface area (Å²) in [6, 6.07) is 15.9. The molecule has 1 aliphatic carbocycles. The molecule has 0 bridgehead atoms. The molecule has 0 saturated heterocycles. The van der Waals surface area contributed by atoms with Crippen molar-refractivity contribution in [3.05, 3.63) is 88.3 Å². The Kier molecular flexibility index (Phi) is 9.80. The van der Waals surface area contributed by atoms with Gasteiger partial charge in [0.15, 0.2) is 0 Å². The van der Waals surface area contributed by atoms with Gasteiger partial charge in [0.1, 0.15) is 0 Å². The molecule has 0 saturated carbocycles. The average Bonchev–Trinajstić information content (AvgIpc) is 3.33. The van der Waals surface area contributed by atoms with Crippen LogP contribution in [0.4, 0.5) is 0 Å². The number of benzene rings is 1. The molecule has 144 valence electrons. The standard InChI is InChI=1S/C16H19NO2.C7H9.Fe/c1-17(2)11-12-4-5-15(10-12)13-6-8-14(9-7-13)16(18)19-3;1-2-7-5-3-4-6-7;/h4-10,18H,11H2,1-3H3;3-6H,2H2,1H3;/q;-1;+2/p-1. The van der Waals surface area contributed by atoms with Gasteiger partial charge in [-0.3, -0.25) is 0 Å². The van der Waals surface area contributed by atoms with E-state index in [1.165, 1.54) is 23.8 Å². The zero-order chi connectivity index (χ0) is 18.9. The molecular weight excluding hydrogens is 378 g/mol. The van der Waals surface area contributed by atoms with Crippen molar-refractivity contribution in [3.63, 3.8) is 0 Å². The molecule has 0 radical (unpaired) electrons. The van der Waals surface area contributed by atoms with Gasteiger partial charge in [-0.15, -0.1) is 0 Å². The molecule has 0 unspecified atom stereocenters. The second-order valence-electron chi connectivity index (χ2n) is 6.46. The van der Waals surface area contributed by atoms with Crippen molar-refractivity contribution in [3.8, 4) is 0 Å². The number of hydrogen-bond acceptors (Lipinski definition) is 3. The molecule has 0 heterocycles. The molecule has 1 aliphatic rings. The van der Waals surface area contributed by atoms with Crippen molar-refractivity contribution < 1.29 is 26.9 Å². The fraction of sp³-hybridized carbons (Fsp3) is 0.261. The molecule has 3 nitrogen and oxygen atoms in total. The predicted octanol–water partition coefficient (Wildman–Crippen LogP) is 1.93. The number of rotatable bonds is 4.